The van der Waals surface area contributed by atoms with Crippen molar-refractivity contribution >= 4 is 34.0 Å². The molecule has 0 radical (unpaired) electrons. The van der Waals surface area contributed by atoms with E-state index in [-0.39, 0.29) is 5.91 Å². The molecule has 5 rings (SSSR count). The van der Waals surface area contributed by atoms with E-state index in [1.807, 2.05) is 79.8 Å². The number of aromatic nitrogens is 2. The van der Waals surface area contributed by atoms with Crippen molar-refractivity contribution in [1.82, 2.24) is 9.38 Å². The Morgan fingerprint density at radius 1 is 0.938 bits per heavy atom. The lowest BCUT2D eigenvalue weighted by Crippen LogP contribution is -2.26. The number of carbonyl (C=O) groups is 1. The summed E-state index contributed by atoms with van der Waals surface area (Å²) in [7, 11) is 0. The molecule has 0 aliphatic carbocycles. The molecule has 0 fully saturated rings. The Morgan fingerprint density at radius 3 is 2.34 bits per heavy atom. The van der Waals surface area contributed by atoms with E-state index >= 15 is 0 Å². The van der Waals surface area contributed by atoms with Crippen molar-refractivity contribution in [3.8, 4) is 11.5 Å². The van der Waals surface area contributed by atoms with Crippen LogP contribution in [0.15, 0.2) is 65.1 Å². The Kier molecular flexibility index (Phi) is 4.63. The number of hydrogen-bond donors (Lipinski definition) is 0. The first kappa shape index (κ1) is 20.1. The van der Waals surface area contributed by atoms with Crippen LogP contribution in [0, 0.1) is 27.7 Å². The van der Waals surface area contributed by atoms with Gasteiger partial charge in [-0.25, -0.2) is 4.98 Å². The fourth-order valence-corrected chi connectivity index (χ4v) is 4.55. The molecule has 160 valence electrons. The van der Waals surface area contributed by atoms with Crippen LogP contribution in [-0.4, -0.2) is 15.3 Å². The lowest BCUT2D eigenvalue weighted by atomic mass is 10.1. The smallest absolute Gasteiger partial charge is 0.229 e. The fourth-order valence-electron chi connectivity index (χ4n) is 4.55. The molecule has 1 amide bonds. The molecule has 0 aliphatic rings. The molecule has 3 aromatic heterocycles. The van der Waals surface area contributed by atoms with Crippen molar-refractivity contribution < 1.29 is 9.21 Å². The second kappa shape index (κ2) is 7.38. The van der Waals surface area contributed by atoms with Gasteiger partial charge in [0.1, 0.15) is 16.9 Å². The molecule has 0 spiro atoms. The number of fused-ring (bicyclic) bond motifs is 2. The van der Waals surface area contributed by atoms with E-state index in [1.165, 1.54) is 0 Å². The highest BCUT2D eigenvalue weighted by molar-refractivity contribution is 6.03. The zero-order chi connectivity index (χ0) is 22.6. The number of imidazole rings is 1. The maximum absolute atomic E-state index is 13.2. The number of para-hydroxylation sites is 2. The average molecular weight is 424 g/mol. The summed E-state index contributed by atoms with van der Waals surface area (Å²) in [6.45, 7) is 9.74. The summed E-state index contributed by atoms with van der Waals surface area (Å²) in [6.07, 6.45) is 0. The number of rotatable bonds is 3. The average Bonchev–Trinajstić information content (AvgIpc) is 3.32. The molecular weight excluding hydrogens is 398 g/mol. The Hall–Kier alpha value is -3.86. The molecule has 0 atom stereocenters. The third-order valence-corrected chi connectivity index (χ3v) is 5.87. The number of nitrogens with zero attached hydrogens (tertiary/aromatic N) is 3. The summed E-state index contributed by atoms with van der Waals surface area (Å²) in [6, 6.07) is 20.1. The highest BCUT2D eigenvalue weighted by Crippen LogP contribution is 2.41. The molecule has 0 bridgehead atoms. The van der Waals surface area contributed by atoms with Gasteiger partial charge in [-0.05, 0) is 68.7 Å². The zero-order valence-electron chi connectivity index (χ0n) is 18.9. The van der Waals surface area contributed by atoms with Crippen LogP contribution in [0.1, 0.15) is 29.3 Å². The first-order chi connectivity index (χ1) is 15.3. The number of anilines is 2. The largest absolute Gasteiger partial charge is 0.454 e. The molecule has 0 N–H and O–H groups in total. The van der Waals surface area contributed by atoms with E-state index in [4.69, 9.17) is 9.40 Å². The second-order valence-corrected chi connectivity index (χ2v) is 8.40. The number of carbonyl (C=O) groups excluding carboxylic acids is 1. The van der Waals surface area contributed by atoms with Crippen LogP contribution in [0.3, 0.4) is 0 Å². The van der Waals surface area contributed by atoms with Crippen LogP contribution in [0.4, 0.5) is 11.5 Å². The fraction of sp³-hybridized carbons (Fsp3) is 0.185. The van der Waals surface area contributed by atoms with Gasteiger partial charge in [-0.15, -0.1) is 0 Å². The monoisotopic (exact) mass is 423 g/mol. The Balaban J connectivity index is 1.90. The van der Waals surface area contributed by atoms with Gasteiger partial charge < -0.3 is 4.42 Å². The molecule has 3 heterocycles. The van der Waals surface area contributed by atoms with Crippen LogP contribution in [-0.2, 0) is 4.79 Å². The quantitative estimate of drug-likeness (QED) is 0.326. The Bertz CT molecular complexity index is 1450. The maximum Gasteiger partial charge on any atom is 0.229 e. The van der Waals surface area contributed by atoms with Crippen molar-refractivity contribution in [1.29, 1.82) is 0 Å². The maximum atomic E-state index is 13.2. The molecule has 2 aromatic carbocycles. The highest BCUT2D eigenvalue weighted by Gasteiger charge is 2.29. The molecule has 0 saturated carbocycles. The van der Waals surface area contributed by atoms with Gasteiger partial charge in [0.05, 0.1) is 5.69 Å². The summed E-state index contributed by atoms with van der Waals surface area (Å²) in [4.78, 5) is 19.9. The molecule has 5 nitrogen and oxygen atoms in total. The first-order valence-electron chi connectivity index (χ1n) is 10.7. The molecule has 5 heteroatoms. The van der Waals surface area contributed by atoms with Gasteiger partial charge >= 0.3 is 0 Å². The lowest BCUT2D eigenvalue weighted by molar-refractivity contribution is -0.115. The van der Waals surface area contributed by atoms with Gasteiger partial charge in [0, 0.05) is 18.0 Å². The van der Waals surface area contributed by atoms with Crippen molar-refractivity contribution in [3.05, 3.63) is 83.0 Å². The van der Waals surface area contributed by atoms with Crippen molar-refractivity contribution in [2.24, 2.45) is 0 Å². The number of hydrogen-bond acceptors (Lipinski definition) is 3. The summed E-state index contributed by atoms with van der Waals surface area (Å²) >= 11 is 0. The normalized spacial score (nSPS) is 11.4. The SMILES string of the molecule is CC(=O)N(c1c(C)cccc1C)c1c(-c2cc3ccccc3o2)nc2cc(C)cc(C)n12. The number of pyridine rings is 1. The predicted octanol–water partition coefficient (Wildman–Crippen LogP) is 6.67. The third-order valence-electron chi connectivity index (χ3n) is 5.87. The molecule has 32 heavy (non-hydrogen) atoms. The van der Waals surface area contributed by atoms with Gasteiger partial charge in [0.25, 0.3) is 0 Å². The summed E-state index contributed by atoms with van der Waals surface area (Å²) in [5.74, 6) is 1.25. The molecule has 5 aromatic rings. The summed E-state index contributed by atoms with van der Waals surface area (Å²) in [5.41, 5.74) is 7.26. The van der Waals surface area contributed by atoms with Gasteiger partial charge in [-0.3, -0.25) is 14.1 Å². The first-order valence-corrected chi connectivity index (χ1v) is 10.7. The van der Waals surface area contributed by atoms with Crippen LogP contribution < -0.4 is 4.90 Å². The van der Waals surface area contributed by atoms with E-state index in [2.05, 4.69) is 13.0 Å². The van der Waals surface area contributed by atoms with E-state index in [0.29, 0.717) is 17.3 Å². The molecule has 0 aliphatic heterocycles. The topological polar surface area (TPSA) is 50.8 Å². The van der Waals surface area contributed by atoms with Gasteiger partial charge in [-0.1, -0.05) is 36.4 Å². The number of benzene rings is 2. The standard InChI is InChI=1S/C27H25N3O2/c1-16-13-19(4)29-24(14-16)28-25(23-15-21-11-6-7-12-22(21)32-23)27(29)30(20(5)31)26-17(2)9-8-10-18(26)3/h6-15H,1-5H3. The van der Waals surface area contributed by atoms with Crippen molar-refractivity contribution in [2.45, 2.75) is 34.6 Å². The highest BCUT2D eigenvalue weighted by atomic mass is 16.3. The Morgan fingerprint density at radius 2 is 1.66 bits per heavy atom. The lowest BCUT2D eigenvalue weighted by Gasteiger charge is -2.26. The molecule has 0 unspecified atom stereocenters. The number of aryl methyl sites for hydroxylation is 4. The summed E-state index contributed by atoms with van der Waals surface area (Å²) < 4.78 is 8.25. The van der Waals surface area contributed by atoms with Crippen LogP contribution >= 0.6 is 0 Å². The van der Waals surface area contributed by atoms with Crippen LogP contribution in [0.5, 0.6) is 0 Å². The van der Waals surface area contributed by atoms with Crippen molar-refractivity contribution in [3.63, 3.8) is 0 Å². The molecule has 0 saturated heterocycles. The third kappa shape index (κ3) is 3.09. The second-order valence-electron chi connectivity index (χ2n) is 8.40. The number of amides is 1. The minimum absolute atomic E-state index is 0.0819. The van der Waals surface area contributed by atoms with Gasteiger partial charge in [-0.2, -0.15) is 0 Å². The van der Waals surface area contributed by atoms with E-state index in [0.717, 1.165) is 44.7 Å². The zero-order valence-corrected chi connectivity index (χ0v) is 18.9. The van der Waals surface area contributed by atoms with Gasteiger partial charge in [0.2, 0.25) is 5.91 Å². The molecular formula is C27H25N3O2. The van der Waals surface area contributed by atoms with Gasteiger partial charge in [0.15, 0.2) is 11.6 Å². The van der Waals surface area contributed by atoms with Crippen LogP contribution in [0.25, 0.3) is 28.1 Å². The number of furan rings is 1. The van der Waals surface area contributed by atoms with E-state index in [1.54, 1.807) is 11.8 Å². The minimum Gasteiger partial charge on any atom is -0.454 e. The van der Waals surface area contributed by atoms with Crippen LogP contribution in [0.2, 0.25) is 0 Å². The summed E-state index contributed by atoms with van der Waals surface area (Å²) in [5, 5.41) is 1.000. The predicted molar refractivity (Wildman–Crippen MR) is 129 cm³/mol. The minimum atomic E-state index is -0.0819. The van der Waals surface area contributed by atoms with E-state index in [9.17, 15) is 4.79 Å². The van der Waals surface area contributed by atoms with Crippen molar-refractivity contribution in [2.75, 3.05) is 4.90 Å². The Labute approximate surface area is 186 Å². The van der Waals surface area contributed by atoms with E-state index < -0.39 is 0 Å².